The van der Waals surface area contributed by atoms with Crippen molar-refractivity contribution in [3.63, 3.8) is 0 Å². The molecule has 1 aliphatic heterocycles. The molecule has 1 aromatic carbocycles. The van der Waals surface area contributed by atoms with Crippen molar-refractivity contribution in [1.29, 1.82) is 0 Å². The number of carbonyl (C=O) groups is 1. The van der Waals surface area contributed by atoms with Gasteiger partial charge in [0.25, 0.3) is 10.0 Å². The van der Waals surface area contributed by atoms with Gasteiger partial charge in [0.2, 0.25) is 11.0 Å². The van der Waals surface area contributed by atoms with E-state index in [2.05, 4.69) is 21.8 Å². The molecule has 12 heteroatoms. The van der Waals surface area contributed by atoms with E-state index in [1.165, 1.54) is 0 Å². The second kappa shape index (κ2) is 8.96. The van der Waals surface area contributed by atoms with E-state index >= 15 is 0 Å². The highest BCUT2D eigenvalue weighted by Crippen LogP contribution is 2.40. The molecular formula is C17H24N4O5S3. The number of aromatic nitrogens is 2. The van der Waals surface area contributed by atoms with Gasteiger partial charge in [0.1, 0.15) is 5.01 Å². The van der Waals surface area contributed by atoms with E-state index in [0.29, 0.717) is 5.01 Å². The van der Waals surface area contributed by atoms with Crippen LogP contribution in [-0.4, -0.2) is 63.1 Å². The van der Waals surface area contributed by atoms with Crippen LogP contribution in [0.1, 0.15) is 23.9 Å². The first-order chi connectivity index (χ1) is 13.7. The summed E-state index contributed by atoms with van der Waals surface area (Å²) in [5, 5.41) is 8.21. The molecule has 0 atom stereocenters. The molecule has 0 spiro atoms. The Morgan fingerprint density at radius 2 is 1.86 bits per heavy atom. The highest BCUT2D eigenvalue weighted by Gasteiger charge is 2.26. The molecule has 2 aromatic rings. The minimum atomic E-state index is -3.78. The van der Waals surface area contributed by atoms with Crippen LogP contribution >= 0.6 is 21.9 Å². The first-order valence-electron chi connectivity index (χ1n) is 9.14. The summed E-state index contributed by atoms with van der Waals surface area (Å²) in [4.78, 5) is 14.0. The molecule has 3 N–H and O–H groups in total. The maximum atomic E-state index is 12.5. The van der Waals surface area contributed by atoms with Gasteiger partial charge in [-0.1, -0.05) is 36.8 Å². The van der Waals surface area contributed by atoms with E-state index < -0.39 is 20.6 Å². The highest BCUT2D eigenvalue weighted by molar-refractivity contribution is 8.24. The number of rotatable bonds is 7. The van der Waals surface area contributed by atoms with Crippen LogP contribution in [0.4, 0.5) is 5.13 Å². The zero-order valence-electron chi connectivity index (χ0n) is 15.9. The maximum Gasteiger partial charge on any atom is 0.263 e. The molecule has 1 amide bonds. The van der Waals surface area contributed by atoms with Crippen molar-refractivity contribution in [2.45, 2.75) is 31.1 Å². The number of hydrogen-bond acceptors (Lipinski definition) is 8. The maximum absolute atomic E-state index is 12.5. The number of nitrogens with zero attached hydrogens (tertiary/aromatic N) is 3. The quantitative estimate of drug-likeness (QED) is 0.578. The Morgan fingerprint density at radius 3 is 2.48 bits per heavy atom. The summed E-state index contributed by atoms with van der Waals surface area (Å²) < 4.78 is 46.7. The Balaban J connectivity index is 1.60. The van der Waals surface area contributed by atoms with Gasteiger partial charge < -0.3 is 4.90 Å². The Hall–Kier alpha value is -1.73. The van der Waals surface area contributed by atoms with Crippen LogP contribution in [0.25, 0.3) is 0 Å². The van der Waals surface area contributed by atoms with Crippen molar-refractivity contribution in [3.8, 4) is 0 Å². The van der Waals surface area contributed by atoms with Gasteiger partial charge in [-0.25, -0.2) is 8.42 Å². The van der Waals surface area contributed by atoms with E-state index in [-0.39, 0.29) is 47.0 Å². The average molecular weight is 461 g/mol. The molecule has 0 bridgehead atoms. The van der Waals surface area contributed by atoms with Crippen molar-refractivity contribution in [1.82, 2.24) is 15.1 Å². The molecule has 1 fully saturated rings. The topological polar surface area (TPSA) is 133 Å². The molecule has 0 radical (unpaired) electrons. The lowest BCUT2D eigenvalue weighted by atomic mass is 10.1. The Morgan fingerprint density at radius 1 is 1.21 bits per heavy atom. The Labute approximate surface area is 175 Å². The van der Waals surface area contributed by atoms with Gasteiger partial charge in [-0.05, 0) is 24.1 Å². The number of benzene rings is 1. The number of hydrogen-bond donors (Lipinski definition) is 3. The van der Waals surface area contributed by atoms with E-state index in [4.69, 9.17) is 0 Å². The van der Waals surface area contributed by atoms with Crippen LogP contribution in [0.5, 0.6) is 0 Å². The van der Waals surface area contributed by atoms with Gasteiger partial charge in [-0.15, -0.1) is 10.2 Å². The fraction of sp³-hybridized carbons (Fsp3) is 0.471. The van der Waals surface area contributed by atoms with Crippen LogP contribution in [0, 0.1) is 0 Å². The minimum Gasteiger partial charge on any atom is -0.339 e. The second-order valence-corrected chi connectivity index (χ2v) is 11.9. The van der Waals surface area contributed by atoms with Crippen molar-refractivity contribution >= 4 is 43.0 Å². The molecule has 0 unspecified atom stereocenters. The van der Waals surface area contributed by atoms with Gasteiger partial charge in [-0.3, -0.25) is 18.6 Å². The number of amides is 1. The monoisotopic (exact) mass is 460 g/mol. The van der Waals surface area contributed by atoms with Crippen LogP contribution in [0.15, 0.2) is 29.2 Å². The third-order valence-corrected chi connectivity index (χ3v) is 8.49. The lowest BCUT2D eigenvalue weighted by molar-refractivity contribution is -0.130. The first kappa shape index (κ1) is 22.0. The number of sulfonamides is 1. The van der Waals surface area contributed by atoms with Crippen LogP contribution in [0.2, 0.25) is 0 Å². The van der Waals surface area contributed by atoms with Crippen molar-refractivity contribution in [2.24, 2.45) is 0 Å². The minimum absolute atomic E-state index is 0.00962. The molecule has 160 valence electrons. The van der Waals surface area contributed by atoms with Crippen LogP contribution in [0.3, 0.4) is 0 Å². The summed E-state index contributed by atoms with van der Waals surface area (Å²) in [5.74, 6) is 0.158. The van der Waals surface area contributed by atoms with Crippen molar-refractivity contribution in [3.05, 3.63) is 34.8 Å². The number of anilines is 1. The number of aryl methyl sites for hydroxylation is 1. The zero-order valence-corrected chi connectivity index (χ0v) is 18.4. The van der Waals surface area contributed by atoms with Crippen LogP contribution < -0.4 is 4.72 Å². The van der Waals surface area contributed by atoms with Crippen molar-refractivity contribution in [2.75, 3.05) is 29.3 Å². The largest absolute Gasteiger partial charge is 0.339 e. The van der Waals surface area contributed by atoms with Gasteiger partial charge in [0, 0.05) is 13.1 Å². The van der Waals surface area contributed by atoms with Gasteiger partial charge >= 0.3 is 0 Å². The Bertz CT molecular complexity index is 950. The van der Waals surface area contributed by atoms with Gasteiger partial charge in [0.05, 0.1) is 22.8 Å². The molecule has 1 aliphatic rings. The number of nitrogens with one attached hydrogen (secondary N) is 1. The highest BCUT2D eigenvalue weighted by atomic mass is 32.3. The first-order valence-corrected chi connectivity index (χ1v) is 13.3. The molecule has 0 aliphatic carbocycles. The van der Waals surface area contributed by atoms with Crippen molar-refractivity contribution < 1.29 is 22.3 Å². The summed E-state index contributed by atoms with van der Waals surface area (Å²) in [6.07, 6.45) is 1.86. The summed E-state index contributed by atoms with van der Waals surface area (Å²) >= 11 is 1.00. The van der Waals surface area contributed by atoms with Crippen LogP contribution in [-0.2, 0) is 27.7 Å². The predicted molar refractivity (Wildman–Crippen MR) is 114 cm³/mol. The van der Waals surface area contributed by atoms with Gasteiger partial charge in [-0.2, -0.15) is 10.6 Å². The number of carbonyl (C=O) groups excluding carboxylic acids is 1. The second-order valence-electron chi connectivity index (χ2n) is 6.77. The molecule has 2 heterocycles. The van der Waals surface area contributed by atoms with Gasteiger partial charge in [0.15, 0.2) is 0 Å². The molecule has 29 heavy (non-hydrogen) atoms. The SMILES string of the molecule is CCCc1ccc(S(=O)(=O)Nc2nnc(CC(=O)N3CCS(O)(O)CC3)s2)cc1. The summed E-state index contributed by atoms with van der Waals surface area (Å²) in [6, 6.07) is 6.69. The van der Waals surface area contributed by atoms with E-state index in [0.717, 1.165) is 29.7 Å². The average Bonchev–Trinajstić information content (AvgIpc) is 3.08. The zero-order chi connectivity index (χ0) is 21.1. The molecule has 1 aromatic heterocycles. The Kier molecular flexibility index (Phi) is 6.79. The fourth-order valence-corrected chi connectivity index (χ4v) is 6.07. The molecule has 9 nitrogen and oxygen atoms in total. The molecule has 0 saturated carbocycles. The smallest absolute Gasteiger partial charge is 0.263 e. The summed E-state index contributed by atoms with van der Waals surface area (Å²) in [5.41, 5.74) is 1.07. The van der Waals surface area contributed by atoms with E-state index in [1.54, 1.807) is 29.2 Å². The normalized spacial score (nSPS) is 17.7. The predicted octanol–water partition coefficient (Wildman–Crippen LogP) is 2.43. The lowest BCUT2D eigenvalue weighted by Gasteiger charge is -2.40. The summed E-state index contributed by atoms with van der Waals surface area (Å²) in [6.45, 7) is 2.63. The molecule has 3 rings (SSSR count). The standard InChI is InChI=1S/C17H24N4O5S3/c1-2-3-13-4-6-14(7-5-13)29(25,26)20-17-19-18-15(27-17)12-16(22)21-8-10-28(23,24)11-9-21/h4-7,23-24H,2-3,8-12H2,1H3,(H,19,20). The fourth-order valence-electron chi connectivity index (χ4n) is 2.88. The third-order valence-electron chi connectivity index (χ3n) is 4.49. The lowest BCUT2D eigenvalue weighted by Crippen LogP contribution is -2.42. The third kappa shape index (κ3) is 5.89. The van der Waals surface area contributed by atoms with E-state index in [9.17, 15) is 22.3 Å². The summed E-state index contributed by atoms with van der Waals surface area (Å²) in [7, 11) is -6.35. The van der Waals surface area contributed by atoms with E-state index in [1.807, 2.05) is 0 Å². The molecular weight excluding hydrogens is 436 g/mol. The molecule has 1 saturated heterocycles.